The van der Waals surface area contributed by atoms with Crippen molar-refractivity contribution in [3.05, 3.63) is 45.4 Å². The maximum atomic E-state index is 14.6. The van der Waals surface area contributed by atoms with Crippen molar-refractivity contribution >= 4 is 34.2 Å². The van der Waals surface area contributed by atoms with Gasteiger partial charge in [0.1, 0.15) is 5.56 Å². The third-order valence-electron chi connectivity index (χ3n) is 4.32. The summed E-state index contributed by atoms with van der Waals surface area (Å²) >= 11 is 1.25. The fraction of sp³-hybridized carbons (Fsp3) is 0.294. The molecule has 3 aromatic heterocycles. The molecule has 27 heavy (non-hydrogen) atoms. The molecular weight excluding hydrogens is 375 g/mol. The van der Waals surface area contributed by atoms with Crippen molar-refractivity contribution in [3.63, 3.8) is 0 Å². The Bertz CT molecular complexity index is 1080. The molecule has 0 amide bonds. The molecule has 4 heterocycles. The first-order valence-corrected chi connectivity index (χ1v) is 9.13. The standard InChI is InChI=1S/C17H15FN4O4S/c1-2-26-9-6-21(7-9)15-12(18)5-10-13(23)11(16(24)25)8-22(14(10)20-15)17-19-3-4-27-17/h3-5,8-9H,2,6-7H2,1H3,(H,24,25). The van der Waals surface area contributed by atoms with Crippen LogP contribution in [0.3, 0.4) is 0 Å². The molecule has 0 radical (unpaired) electrons. The van der Waals surface area contributed by atoms with Gasteiger partial charge in [0, 0.05) is 37.5 Å². The molecule has 10 heteroatoms. The molecule has 8 nitrogen and oxygen atoms in total. The topological polar surface area (TPSA) is 97.5 Å². The summed E-state index contributed by atoms with van der Waals surface area (Å²) in [7, 11) is 0. The van der Waals surface area contributed by atoms with Gasteiger partial charge in [0.2, 0.25) is 5.43 Å². The van der Waals surface area contributed by atoms with Crippen molar-refractivity contribution in [2.75, 3.05) is 24.6 Å². The van der Waals surface area contributed by atoms with E-state index in [1.165, 1.54) is 22.1 Å². The van der Waals surface area contributed by atoms with Gasteiger partial charge < -0.3 is 14.7 Å². The third-order valence-corrected chi connectivity index (χ3v) is 5.09. The van der Waals surface area contributed by atoms with Crippen LogP contribution in [0, 0.1) is 5.82 Å². The zero-order valence-corrected chi connectivity index (χ0v) is 15.1. The van der Waals surface area contributed by atoms with Crippen LogP contribution in [0.15, 0.2) is 28.6 Å². The van der Waals surface area contributed by atoms with Crippen LogP contribution in [-0.2, 0) is 4.74 Å². The van der Waals surface area contributed by atoms with Crippen LogP contribution in [-0.4, -0.2) is 51.4 Å². The lowest BCUT2D eigenvalue weighted by atomic mass is 10.1. The van der Waals surface area contributed by atoms with E-state index >= 15 is 0 Å². The van der Waals surface area contributed by atoms with Gasteiger partial charge in [-0.2, -0.15) is 0 Å². The van der Waals surface area contributed by atoms with Crippen LogP contribution in [0.25, 0.3) is 16.2 Å². The van der Waals surface area contributed by atoms with E-state index in [9.17, 15) is 19.1 Å². The number of aromatic nitrogens is 3. The zero-order chi connectivity index (χ0) is 19.1. The van der Waals surface area contributed by atoms with Gasteiger partial charge in [0.25, 0.3) is 0 Å². The molecule has 0 aromatic carbocycles. The molecule has 1 aliphatic rings. The van der Waals surface area contributed by atoms with Gasteiger partial charge in [0.15, 0.2) is 22.4 Å². The molecule has 0 spiro atoms. The number of aromatic carboxylic acids is 1. The lowest BCUT2D eigenvalue weighted by Crippen LogP contribution is -2.53. The number of anilines is 1. The molecule has 1 aliphatic heterocycles. The monoisotopic (exact) mass is 390 g/mol. The highest BCUT2D eigenvalue weighted by atomic mass is 32.1. The molecule has 4 rings (SSSR count). The predicted octanol–water partition coefficient (Wildman–Crippen LogP) is 1.90. The van der Waals surface area contributed by atoms with Crippen molar-refractivity contribution in [2.45, 2.75) is 13.0 Å². The van der Waals surface area contributed by atoms with Crippen LogP contribution >= 0.6 is 11.3 Å². The van der Waals surface area contributed by atoms with Crippen molar-refractivity contribution in [1.82, 2.24) is 14.5 Å². The van der Waals surface area contributed by atoms with E-state index < -0.39 is 22.8 Å². The van der Waals surface area contributed by atoms with Crippen LogP contribution < -0.4 is 10.3 Å². The summed E-state index contributed by atoms with van der Waals surface area (Å²) in [5, 5.41) is 11.4. The summed E-state index contributed by atoms with van der Waals surface area (Å²) in [5.74, 6) is -1.96. The van der Waals surface area contributed by atoms with Gasteiger partial charge >= 0.3 is 5.97 Å². The smallest absolute Gasteiger partial charge is 0.341 e. The van der Waals surface area contributed by atoms with Crippen LogP contribution in [0.2, 0.25) is 0 Å². The van der Waals surface area contributed by atoms with Gasteiger partial charge in [-0.25, -0.2) is 19.2 Å². The van der Waals surface area contributed by atoms with E-state index in [4.69, 9.17) is 4.74 Å². The maximum absolute atomic E-state index is 14.6. The Morgan fingerprint density at radius 1 is 1.48 bits per heavy atom. The number of rotatable bonds is 5. The highest BCUT2D eigenvalue weighted by Crippen LogP contribution is 2.27. The highest BCUT2D eigenvalue weighted by molar-refractivity contribution is 7.12. The summed E-state index contributed by atoms with van der Waals surface area (Å²) < 4.78 is 21.5. The number of halogens is 1. The minimum absolute atomic E-state index is 0.0161. The fourth-order valence-electron chi connectivity index (χ4n) is 3.02. The number of hydrogen-bond donors (Lipinski definition) is 1. The van der Waals surface area contributed by atoms with Crippen molar-refractivity contribution in [2.24, 2.45) is 0 Å². The van der Waals surface area contributed by atoms with Crippen LogP contribution in [0.1, 0.15) is 17.3 Å². The third kappa shape index (κ3) is 2.96. The summed E-state index contributed by atoms with van der Waals surface area (Å²) in [4.78, 5) is 34.1. The van der Waals surface area contributed by atoms with Crippen molar-refractivity contribution < 1.29 is 19.0 Å². The molecule has 0 bridgehead atoms. The number of carbonyl (C=O) groups is 1. The largest absolute Gasteiger partial charge is 0.477 e. The van der Waals surface area contributed by atoms with E-state index in [-0.39, 0.29) is 23.0 Å². The number of pyridine rings is 2. The molecule has 0 aliphatic carbocycles. The number of carboxylic acids is 1. The average Bonchev–Trinajstić information content (AvgIpc) is 3.12. The molecule has 0 unspecified atom stereocenters. The first-order chi connectivity index (χ1) is 13.0. The van der Waals surface area contributed by atoms with Gasteiger partial charge in [-0.1, -0.05) is 0 Å². The van der Waals surface area contributed by atoms with E-state index in [0.29, 0.717) is 24.8 Å². The Hall–Kier alpha value is -2.85. The molecule has 140 valence electrons. The van der Waals surface area contributed by atoms with Crippen molar-refractivity contribution in [3.8, 4) is 5.13 Å². The van der Waals surface area contributed by atoms with Gasteiger partial charge in [-0.15, -0.1) is 11.3 Å². The molecule has 1 saturated heterocycles. The Labute approximate surface area is 156 Å². The molecule has 1 N–H and O–H groups in total. The number of ether oxygens (including phenoxy) is 1. The summed E-state index contributed by atoms with van der Waals surface area (Å²) in [6.07, 6.45) is 2.75. The zero-order valence-electron chi connectivity index (χ0n) is 14.3. The Balaban J connectivity index is 1.89. The number of fused-ring (bicyclic) bond motifs is 1. The van der Waals surface area contributed by atoms with E-state index in [2.05, 4.69) is 9.97 Å². The van der Waals surface area contributed by atoms with E-state index in [1.807, 2.05) is 6.92 Å². The van der Waals surface area contributed by atoms with Crippen LogP contribution in [0.5, 0.6) is 0 Å². The lowest BCUT2D eigenvalue weighted by Gasteiger charge is -2.39. The molecule has 1 fully saturated rings. The summed E-state index contributed by atoms with van der Waals surface area (Å²) in [6.45, 7) is 3.47. The minimum Gasteiger partial charge on any atom is -0.477 e. The maximum Gasteiger partial charge on any atom is 0.341 e. The first-order valence-electron chi connectivity index (χ1n) is 8.25. The number of hydrogen-bond acceptors (Lipinski definition) is 7. The fourth-order valence-corrected chi connectivity index (χ4v) is 3.64. The van der Waals surface area contributed by atoms with E-state index in [1.54, 1.807) is 16.5 Å². The lowest BCUT2D eigenvalue weighted by molar-refractivity contribution is 0.0424. The van der Waals surface area contributed by atoms with Crippen LogP contribution in [0.4, 0.5) is 10.2 Å². The second-order valence-corrected chi connectivity index (χ2v) is 6.88. The molecule has 3 aromatic rings. The molecule has 0 atom stereocenters. The minimum atomic E-state index is -1.39. The van der Waals surface area contributed by atoms with Gasteiger partial charge in [0.05, 0.1) is 11.5 Å². The second kappa shape index (κ2) is 6.71. The molecular formula is C17H15FN4O4S. The van der Waals surface area contributed by atoms with Gasteiger partial charge in [-0.05, 0) is 13.0 Å². The number of carboxylic acid groups (broad SMARTS) is 1. The summed E-state index contributed by atoms with van der Waals surface area (Å²) in [5.41, 5.74) is -1.08. The quantitative estimate of drug-likeness (QED) is 0.711. The SMILES string of the molecule is CCOC1CN(c2nc3c(cc2F)c(=O)c(C(=O)O)cn3-c2nccs2)C1. The Kier molecular flexibility index (Phi) is 4.36. The Morgan fingerprint density at radius 2 is 2.26 bits per heavy atom. The van der Waals surface area contributed by atoms with Crippen molar-refractivity contribution in [1.29, 1.82) is 0 Å². The highest BCUT2D eigenvalue weighted by Gasteiger charge is 2.31. The number of thiazole rings is 1. The predicted molar refractivity (Wildman–Crippen MR) is 97.6 cm³/mol. The van der Waals surface area contributed by atoms with Gasteiger partial charge in [-0.3, -0.25) is 9.36 Å². The number of nitrogens with zero attached hydrogens (tertiary/aromatic N) is 4. The molecule has 0 saturated carbocycles. The summed E-state index contributed by atoms with van der Waals surface area (Å²) in [6, 6.07) is 1.05. The normalized spacial score (nSPS) is 14.5. The Morgan fingerprint density at radius 3 is 2.89 bits per heavy atom. The van der Waals surface area contributed by atoms with E-state index in [0.717, 1.165) is 6.07 Å². The second-order valence-electron chi connectivity index (χ2n) is 6.01. The first kappa shape index (κ1) is 17.6. The average molecular weight is 390 g/mol.